The second-order valence-electron chi connectivity index (χ2n) is 12.7. The monoisotopic (exact) mass is 467 g/mol. The van der Waals surface area contributed by atoms with Crippen molar-refractivity contribution in [2.45, 2.75) is 103 Å². The Bertz CT molecular complexity index is 983. The summed E-state index contributed by atoms with van der Waals surface area (Å²) in [6.07, 6.45) is 9.37. The number of hydrogen-bond donors (Lipinski definition) is 1. The van der Waals surface area contributed by atoms with Crippen LogP contribution in [0.1, 0.15) is 79.6 Å². The summed E-state index contributed by atoms with van der Waals surface area (Å²) in [5.41, 5.74) is 3.32. The van der Waals surface area contributed by atoms with Crippen LogP contribution in [0.15, 0.2) is 22.8 Å². The SMILES string of the molecule is CC(=O)O[C@H]1CC[C@@]2(C)C(=CC[C@H]3[C@H]4CC[C@]5(O[C@@H]6C[C@H](C)CN[C@H]6[C@H]5C)C(C)=C4C(=O)[C@@H]32)C1. The number of esters is 1. The third kappa shape index (κ3) is 3.05. The van der Waals surface area contributed by atoms with Crippen molar-refractivity contribution in [1.29, 1.82) is 0 Å². The lowest BCUT2D eigenvalue weighted by molar-refractivity contribution is -0.148. The minimum Gasteiger partial charge on any atom is -0.462 e. The zero-order valence-electron chi connectivity index (χ0n) is 21.5. The normalized spacial score (nSPS) is 49.8. The van der Waals surface area contributed by atoms with Crippen LogP contribution in [0, 0.1) is 35.0 Å². The summed E-state index contributed by atoms with van der Waals surface area (Å²) in [6, 6.07) is 0.393. The zero-order valence-corrected chi connectivity index (χ0v) is 21.5. The Morgan fingerprint density at radius 2 is 2.03 bits per heavy atom. The Morgan fingerprint density at radius 3 is 2.79 bits per heavy atom. The molecule has 5 heteroatoms. The van der Waals surface area contributed by atoms with Crippen molar-refractivity contribution < 1.29 is 19.1 Å². The molecule has 4 aliphatic carbocycles. The van der Waals surface area contributed by atoms with Crippen molar-refractivity contribution in [3.63, 3.8) is 0 Å². The van der Waals surface area contributed by atoms with E-state index in [2.05, 4.69) is 39.1 Å². The van der Waals surface area contributed by atoms with E-state index in [4.69, 9.17) is 9.47 Å². The van der Waals surface area contributed by atoms with Gasteiger partial charge in [-0.1, -0.05) is 32.4 Å². The van der Waals surface area contributed by atoms with Gasteiger partial charge in [0.1, 0.15) is 6.10 Å². The molecule has 1 N–H and O–H groups in total. The molecule has 1 spiro atoms. The molecule has 10 atom stereocenters. The van der Waals surface area contributed by atoms with E-state index in [1.165, 1.54) is 18.1 Å². The van der Waals surface area contributed by atoms with Gasteiger partial charge < -0.3 is 14.8 Å². The third-order valence-electron chi connectivity index (χ3n) is 10.9. The molecule has 0 aromatic heterocycles. The molecule has 0 radical (unpaired) electrons. The van der Waals surface area contributed by atoms with Crippen LogP contribution in [0.2, 0.25) is 0 Å². The third-order valence-corrected chi connectivity index (χ3v) is 10.9. The lowest BCUT2D eigenvalue weighted by Crippen LogP contribution is -2.49. The summed E-state index contributed by atoms with van der Waals surface area (Å²) < 4.78 is 12.5. The van der Waals surface area contributed by atoms with Gasteiger partial charge in [0.2, 0.25) is 0 Å². The van der Waals surface area contributed by atoms with E-state index >= 15 is 0 Å². The summed E-state index contributed by atoms with van der Waals surface area (Å²) in [6.45, 7) is 11.7. The first-order valence-corrected chi connectivity index (χ1v) is 13.7. The van der Waals surface area contributed by atoms with E-state index < -0.39 is 0 Å². The van der Waals surface area contributed by atoms with E-state index in [0.717, 1.165) is 57.1 Å². The maximum Gasteiger partial charge on any atom is 0.302 e. The van der Waals surface area contributed by atoms with E-state index in [9.17, 15) is 9.59 Å². The second kappa shape index (κ2) is 7.77. The topological polar surface area (TPSA) is 64.6 Å². The Kier molecular flexibility index (Phi) is 5.25. The fourth-order valence-electron chi connectivity index (χ4n) is 9.25. The fraction of sp³-hybridized carbons (Fsp3) is 0.793. The summed E-state index contributed by atoms with van der Waals surface area (Å²) in [4.78, 5) is 25.8. The van der Waals surface area contributed by atoms with E-state index in [-0.39, 0.29) is 35.1 Å². The standard InChI is InChI=1S/C29H41NO4/c1-15-12-23-26(30-14-15)17(3)29(34-23)11-9-21-22-7-6-19-13-20(33-18(4)31)8-10-28(19,5)25(22)27(32)24(21)16(29)2/h6,15,17,20-23,25-26,30H,7-14H2,1-5H3/t15-,17+,20-,21+,22-,23+,25+,26-,28-,29-/m0/s1. The molecular weight excluding hydrogens is 426 g/mol. The Morgan fingerprint density at radius 1 is 1.24 bits per heavy atom. The minimum absolute atomic E-state index is 0.0395. The zero-order chi connectivity index (χ0) is 24.0. The van der Waals surface area contributed by atoms with Gasteiger partial charge in [-0.05, 0) is 80.7 Å². The van der Waals surface area contributed by atoms with Crippen LogP contribution in [0.25, 0.3) is 0 Å². The van der Waals surface area contributed by atoms with Gasteiger partial charge in [-0.25, -0.2) is 0 Å². The number of carbonyl (C=O) groups is 2. The van der Waals surface area contributed by atoms with Crippen molar-refractivity contribution in [2.24, 2.45) is 35.0 Å². The van der Waals surface area contributed by atoms with Crippen LogP contribution < -0.4 is 5.32 Å². The number of fused-ring (bicyclic) bond motifs is 6. The van der Waals surface area contributed by atoms with Crippen LogP contribution >= 0.6 is 0 Å². The molecule has 0 unspecified atom stereocenters. The summed E-state index contributed by atoms with van der Waals surface area (Å²) in [7, 11) is 0. The molecule has 0 aromatic rings. The first-order valence-electron chi connectivity index (χ1n) is 13.7. The highest BCUT2D eigenvalue weighted by Gasteiger charge is 2.63. The van der Waals surface area contributed by atoms with Crippen molar-refractivity contribution in [2.75, 3.05) is 6.54 Å². The van der Waals surface area contributed by atoms with Crippen molar-refractivity contribution >= 4 is 11.8 Å². The number of allylic oxidation sites excluding steroid dienone is 2. The Hall–Kier alpha value is -1.46. The number of rotatable bonds is 1. The predicted molar refractivity (Wildman–Crippen MR) is 130 cm³/mol. The van der Waals surface area contributed by atoms with Gasteiger partial charge in [0.15, 0.2) is 5.78 Å². The van der Waals surface area contributed by atoms with Crippen molar-refractivity contribution in [3.05, 3.63) is 22.8 Å². The van der Waals surface area contributed by atoms with Crippen molar-refractivity contribution in [1.82, 2.24) is 5.32 Å². The number of ketones is 1. The average molecular weight is 468 g/mol. The first-order chi connectivity index (χ1) is 16.2. The van der Waals surface area contributed by atoms with Crippen LogP contribution in [-0.2, 0) is 19.1 Å². The molecule has 6 aliphatic rings. The van der Waals surface area contributed by atoms with Gasteiger partial charge in [-0.15, -0.1) is 0 Å². The lowest BCUT2D eigenvalue weighted by Gasteiger charge is -2.48. The molecule has 0 bridgehead atoms. The van der Waals surface area contributed by atoms with Crippen LogP contribution in [0.4, 0.5) is 0 Å². The van der Waals surface area contributed by atoms with Gasteiger partial charge in [0.05, 0.1) is 11.7 Å². The first kappa shape index (κ1) is 23.0. The molecule has 2 saturated carbocycles. The van der Waals surface area contributed by atoms with Gasteiger partial charge in [0, 0.05) is 36.8 Å². The molecule has 186 valence electrons. The molecule has 2 aliphatic heterocycles. The molecule has 6 rings (SSSR count). The predicted octanol–water partition coefficient (Wildman–Crippen LogP) is 4.75. The summed E-state index contributed by atoms with van der Waals surface area (Å²) in [5, 5.41) is 3.78. The largest absolute Gasteiger partial charge is 0.462 e. The number of nitrogens with one attached hydrogen (secondary N) is 1. The lowest BCUT2D eigenvalue weighted by atomic mass is 9.56. The Balaban J connectivity index is 1.33. The van der Waals surface area contributed by atoms with Gasteiger partial charge >= 0.3 is 5.97 Å². The number of carbonyl (C=O) groups excluding carboxylic acids is 2. The summed E-state index contributed by atoms with van der Waals surface area (Å²) in [5.74, 6) is 2.06. The number of Topliss-reactive ketones (excluding diaryl/α,β-unsaturated/α-hetero) is 1. The fourth-order valence-corrected chi connectivity index (χ4v) is 9.25. The summed E-state index contributed by atoms with van der Waals surface area (Å²) >= 11 is 0. The van der Waals surface area contributed by atoms with Crippen LogP contribution in [0.3, 0.4) is 0 Å². The quantitative estimate of drug-likeness (QED) is 0.445. The maximum atomic E-state index is 14.3. The average Bonchev–Trinajstić information content (AvgIpc) is 3.23. The second-order valence-corrected chi connectivity index (χ2v) is 12.7. The highest BCUT2D eigenvalue weighted by molar-refractivity contribution is 6.02. The van der Waals surface area contributed by atoms with Crippen molar-refractivity contribution in [3.8, 4) is 0 Å². The molecule has 2 heterocycles. The van der Waals surface area contributed by atoms with Crippen LogP contribution in [-0.4, -0.2) is 42.1 Å². The number of ether oxygens (including phenoxy) is 2. The molecule has 4 fully saturated rings. The maximum absolute atomic E-state index is 14.3. The van der Waals surface area contributed by atoms with Crippen LogP contribution in [0.5, 0.6) is 0 Å². The van der Waals surface area contributed by atoms with Gasteiger partial charge in [0.25, 0.3) is 0 Å². The highest BCUT2D eigenvalue weighted by atomic mass is 16.5. The molecule has 5 nitrogen and oxygen atoms in total. The number of piperidine rings is 1. The molecule has 0 amide bonds. The van der Waals surface area contributed by atoms with Gasteiger partial charge in [-0.2, -0.15) is 0 Å². The Labute approximate surface area is 204 Å². The molecular formula is C29H41NO4. The molecule has 2 saturated heterocycles. The molecule has 0 aromatic carbocycles. The molecule has 34 heavy (non-hydrogen) atoms. The van der Waals surface area contributed by atoms with E-state index in [1.54, 1.807) is 0 Å². The highest BCUT2D eigenvalue weighted by Crippen LogP contribution is 2.63. The smallest absolute Gasteiger partial charge is 0.302 e. The van der Waals surface area contributed by atoms with E-state index in [1.807, 2.05) is 0 Å². The minimum atomic E-state index is -0.286. The van der Waals surface area contributed by atoms with Gasteiger partial charge in [-0.3, -0.25) is 9.59 Å². The number of hydrogen-bond acceptors (Lipinski definition) is 5. The van der Waals surface area contributed by atoms with E-state index in [0.29, 0.717) is 35.5 Å².